The number of carbonyl (C=O) groups is 8. The van der Waals surface area contributed by atoms with E-state index in [-0.39, 0.29) is 56.1 Å². The Morgan fingerprint density at radius 3 is 1.80 bits per heavy atom. The number of likely N-dealkylation sites (N-methyl/N-ethyl adjacent to an activating group) is 1. The predicted molar refractivity (Wildman–Crippen MR) is 280 cm³/mol. The summed E-state index contributed by atoms with van der Waals surface area (Å²) in [7, 11) is 1.50. The van der Waals surface area contributed by atoms with E-state index in [1.54, 1.807) is 0 Å². The number of ether oxygens (including phenoxy) is 2. The summed E-state index contributed by atoms with van der Waals surface area (Å²) in [5, 5.41) is 96.1. The van der Waals surface area contributed by atoms with Crippen molar-refractivity contribution in [1.29, 1.82) is 0 Å². The van der Waals surface area contributed by atoms with Gasteiger partial charge in [0.15, 0.2) is 17.5 Å². The van der Waals surface area contributed by atoms with Crippen molar-refractivity contribution in [3.63, 3.8) is 0 Å². The first-order chi connectivity index (χ1) is 37.8. The Morgan fingerprint density at radius 2 is 1.23 bits per heavy atom. The summed E-state index contributed by atoms with van der Waals surface area (Å²) in [5.41, 5.74) is 3.31. The van der Waals surface area contributed by atoms with Crippen molar-refractivity contribution < 1.29 is 83.6 Å². The molecular formula is C53H52Cl2N8O17. The fraction of sp³-hybridized carbons (Fsp3) is 0.283. The van der Waals surface area contributed by atoms with E-state index in [4.69, 9.17) is 38.4 Å². The number of rotatable bonds is 8. The van der Waals surface area contributed by atoms with Gasteiger partial charge in [-0.05, 0) is 96.2 Å². The number of aliphatic hydroxyl groups excluding tert-OH is 2. The smallest absolute Gasteiger partial charge is 0.330 e. The lowest BCUT2D eigenvalue weighted by atomic mass is 9.89. The van der Waals surface area contributed by atoms with Gasteiger partial charge in [0.25, 0.3) is 0 Å². The molecule has 0 saturated heterocycles. The number of phenols is 4. The van der Waals surface area contributed by atoms with Crippen LogP contribution in [0.2, 0.25) is 10.0 Å². The first-order valence-electron chi connectivity index (χ1n) is 24.4. The maximum Gasteiger partial charge on any atom is 0.330 e. The Hall–Kier alpha value is -8.88. The van der Waals surface area contributed by atoms with Crippen LogP contribution in [0.1, 0.15) is 84.8 Å². The Morgan fingerprint density at radius 1 is 0.650 bits per heavy atom. The average molecular weight is 1140 g/mol. The Balaban J connectivity index is 1.36. The van der Waals surface area contributed by atoms with Gasteiger partial charge in [-0.1, -0.05) is 55.2 Å². The highest BCUT2D eigenvalue weighted by Crippen LogP contribution is 2.47. The molecule has 0 saturated carbocycles. The zero-order chi connectivity index (χ0) is 58.2. The van der Waals surface area contributed by atoms with E-state index >= 15 is 4.79 Å². The number of nitrogens with two attached hydrogens (primary N) is 1. The fourth-order valence-corrected chi connectivity index (χ4v) is 9.80. The number of hydrogen-bond acceptors (Lipinski definition) is 17. The third kappa shape index (κ3) is 11.9. The standard InChI is InChI=1S/C53H52Cl2N8O17/c1-19(2)10-29(57-3)47(71)62-42-44(68)21-5-8-33(27(54)12-21)79-35-14-23-15-36(46(35)70)80-34-9-6-22(13-28(34)55)45(69)43-52(76)61-41(53(77)78)26-16-24(64)17-32(66)38(26)25-11-20(4-7-31(25)65)39(49(73)63-43)60-50(74)40(23)59-48(72)30(18-37(56)67)58-51(42)75/h4-9,11-17,19,29-30,39-45,57,64-66,68-70H,10,18H2,1-3H3,(H2,56,67)(H,58,75)(H,59,72)(H,60,74)(H,61,76)(H,62,71)(H,63,73)(H,77,78)/t29-,30+,39?,40-,41?,42-,43+,44-,45-/m1/s1. The molecule has 11 bridgehead atoms. The summed E-state index contributed by atoms with van der Waals surface area (Å²) in [6.07, 6.45) is -4.77. The van der Waals surface area contributed by atoms with Crippen LogP contribution in [0.25, 0.3) is 11.1 Å². The number of benzene rings is 5. The van der Waals surface area contributed by atoms with Gasteiger partial charge in [-0.15, -0.1) is 0 Å². The molecule has 16 N–H and O–H groups in total. The van der Waals surface area contributed by atoms with Crippen LogP contribution in [0.4, 0.5) is 0 Å². The minimum Gasteiger partial charge on any atom is -0.508 e. The normalized spacial score (nSPS) is 22.4. The highest BCUT2D eigenvalue weighted by atomic mass is 35.5. The van der Waals surface area contributed by atoms with Gasteiger partial charge in [-0.3, -0.25) is 33.6 Å². The number of hydrogen-bond donors (Lipinski definition) is 15. The molecule has 5 aromatic rings. The van der Waals surface area contributed by atoms with Crippen LogP contribution in [-0.4, -0.2) is 114 Å². The highest BCUT2D eigenvalue weighted by molar-refractivity contribution is 6.32. The van der Waals surface area contributed by atoms with Gasteiger partial charge in [0, 0.05) is 22.8 Å². The molecule has 7 amide bonds. The predicted octanol–water partition coefficient (Wildman–Crippen LogP) is 2.40. The topological polar surface area (TPSA) is 407 Å². The van der Waals surface area contributed by atoms with Gasteiger partial charge in [-0.25, -0.2) is 4.79 Å². The van der Waals surface area contributed by atoms with Crippen LogP contribution < -0.4 is 52.4 Å². The second-order valence-corrected chi connectivity index (χ2v) is 20.2. The number of halogens is 2. The lowest BCUT2D eigenvalue weighted by molar-refractivity contribution is -0.143. The van der Waals surface area contributed by atoms with E-state index in [0.29, 0.717) is 0 Å². The lowest BCUT2D eigenvalue weighted by Crippen LogP contribution is -2.59. The molecule has 0 aromatic heterocycles. The van der Waals surface area contributed by atoms with Crippen LogP contribution in [0, 0.1) is 5.92 Å². The second kappa shape index (κ2) is 23.2. The van der Waals surface area contributed by atoms with Gasteiger partial charge in [-0.2, -0.15) is 0 Å². The number of amides is 7. The monoisotopic (exact) mass is 1140 g/mol. The molecule has 25 nitrogen and oxygen atoms in total. The average Bonchev–Trinajstić information content (AvgIpc) is 3.39. The number of nitrogens with one attached hydrogen (secondary N) is 7. The molecule has 80 heavy (non-hydrogen) atoms. The highest BCUT2D eigenvalue weighted by Gasteiger charge is 2.41. The van der Waals surface area contributed by atoms with E-state index in [1.807, 2.05) is 13.8 Å². The summed E-state index contributed by atoms with van der Waals surface area (Å²) in [6, 6.07) is 0.577. The number of primary amides is 1. The molecule has 5 aliphatic heterocycles. The number of fused-ring (bicyclic) bond motifs is 15. The second-order valence-electron chi connectivity index (χ2n) is 19.4. The van der Waals surface area contributed by atoms with Gasteiger partial charge in [0.2, 0.25) is 47.1 Å². The van der Waals surface area contributed by atoms with Crippen molar-refractivity contribution in [2.24, 2.45) is 11.7 Å². The molecular weight excluding hydrogens is 1090 g/mol. The largest absolute Gasteiger partial charge is 0.508 e. The summed E-state index contributed by atoms with van der Waals surface area (Å²) in [5.74, 6) is -15.0. The number of aliphatic carboxylic acids is 1. The molecule has 5 aromatic carbocycles. The van der Waals surface area contributed by atoms with Gasteiger partial charge in [0.05, 0.1) is 22.5 Å². The minimum atomic E-state index is -2.19. The molecule has 420 valence electrons. The zero-order valence-corrected chi connectivity index (χ0v) is 43.8. The summed E-state index contributed by atoms with van der Waals surface area (Å²) in [6.45, 7) is 3.68. The first kappa shape index (κ1) is 57.3. The molecule has 0 fully saturated rings. The van der Waals surface area contributed by atoms with Crippen molar-refractivity contribution in [1.82, 2.24) is 37.2 Å². The van der Waals surface area contributed by atoms with Gasteiger partial charge in [0.1, 0.15) is 71.2 Å². The van der Waals surface area contributed by atoms with Gasteiger partial charge >= 0.3 is 5.97 Å². The molecule has 0 aliphatic carbocycles. The third-order valence-electron chi connectivity index (χ3n) is 13.3. The van der Waals surface area contributed by atoms with E-state index in [0.717, 1.165) is 48.5 Å². The molecule has 10 rings (SSSR count). The van der Waals surface area contributed by atoms with Crippen molar-refractivity contribution >= 4 is 70.5 Å². The number of phenolic OH excluding ortho intramolecular Hbond substituents is 4. The molecule has 0 radical (unpaired) electrons. The molecule has 5 aliphatic rings. The van der Waals surface area contributed by atoms with Crippen molar-refractivity contribution in [3.05, 3.63) is 117 Å². The van der Waals surface area contributed by atoms with E-state index in [9.17, 15) is 69.3 Å². The lowest BCUT2D eigenvalue weighted by Gasteiger charge is -2.31. The number of carboxylic acids is 1. The Labute approximate surface area is 463 Å². The first-order valence-corrected chi connectivity index (χ1v) is 25.2. The molecule has 0 spiro atoms. The summed E-state index contributed by atoms with van der Waals surface area (Å²) < 4.78 is 12.2. The molecule has 5 heterocycles. The molecule has 9 atom stereocenters. The summed E-state index contributed by atoms with van der Waals surface area (Å²) >= 11 is 13.5. The third-order valence-corrected chi connectivity index (χ3v) is 13.9. The quantitative estimate of drug-likeness (QED) is 0.106. The van der Waals surface area contributed by atoms with E-state index < -0.39 is 159 Å². The minimum absolute atomic E-state index is 0.0350. The van der Waals surface area contributed by atoms with Crippen LogP contribution in [-0.2, 0) is 38.4 Å². The molecule has 27 heteroatoms. The zero-order valence-electron chi connectivity index (χ0n) is 42.2. The number of aliphatic hydroxyl groups is 2. The number of carbonyl (C=O) groups excluding carboxylic acids is 7. The SMILES string of the molecule is CN[C@H](CC(C)C)C(=O)N[C@H]1C(=O)N[C@@H](CC(N)=O)C(=O)N[C@H]2C(=O)NC3C(=O)N[C@H](C(=O)NC(C(=O)O)c4cc(O)cc(O)c4-c4cc3ccc4O)[C@H](O)c3ccc(c(Cl)c3)Oc3cc2cc(c3O)Oc2ccc(cc2Cl)[C@H]1O. The number of carboxylic acid groups (broad SMARTS) is 1. The van der Waals surface area contributed by atoms with Crippen molar-refractivity contribution in [2.45, 2.75) is 81.2 Å². The van der Waals surface area contributed by atoms with E-state index in [1.165, 1.54) is 37.4 Å². The van der Waals surface area contributed by atoms with Crippen LogP contribution in [0.5, 0.6) is 46.0 Å². The Kier molecular flexibility index (Phi) is 16.6. The van der Waals surface area contributed by atoms with Gasteiger partial charge < -0.3 is 88.2 Å². The summed E-state index contributed by atoms with van der Waals surface area (Å²) in [4.78, 5) is 114. The van der Waals surface area contributed by atoms with E-state index in [2.05, 4.69) is 37.2 Å². The molecule has 2 unspecified atom stereocenters. The van der Waals surface area contributed by atoms with Crippen LogP contribution in [0.3, 0.4) is 0 Å². The number of aromatic hydroxyl groups is 4. The van der Waals surface area contributed by atoms with Crippen molar-refractivity contribution in [3.8, 4) is 57.1 Å². The van der Waals surface area contributed by atoms with Crippen LogP contribution >= 0.6 is 23.2 Å². The van der Waals surface area contributed by atoms with Crippen molar-refractivity contribution in [2.75, 3.05) is 7.05 Å². The maximum absolute atomic E-state index is 15.4. The van der Waals surface area contributed by atoms with Crippen LogP contribution in [0.15, 0.2) is 78.9 Å². The fourth-order valence-electron chi connectivity index (χ4n) is 9.34. The Bertz CT molecular complexity index is 3380. The maximum atomic E-state index is 15.4.